The number of aliphatic hydroxyl groups excluding tert-OH is 2. The van der Waals surface area contributed by atoms with Crippen LogP contribution in [0.5, 0.6) is 0 Å². The zero-order valence-corrected chi connectivity index (χ0v) is 11.5. The van der Waals surface area contributed by atoms with Crippen LogP contribution in [-0.4, -0.2) is 33.6 Å². The van der Waals surface area contributed by atoms with Crippen LogP contribution in [0.1, 0.15) is 40.0 Å². The fourth-order valence-electron chi connectivity index (χ4n) is 5.01. The molecule has 0 amide bonds. The van der Waals surface area contributed by atoms with Gasteiger partial charge in [-0.25, -0.2) is 0 Å². The minimum absolute atomic E-state index is 0.146. The summed E-state index contributed by atoms with van der Waals surface area (Å²) < 4.78 is 0. The Hall–Kier alpha value is -0.380. The van der Waals surface area contributed by atoms with E-state index in [1.165, 1.54) is 0 Å². The summed E-state index contributed by atoms with van der Waals surface area (Å²) >= 11 is 0. The molecule has 2 saturated carbocycles. The molecule has 18 heavy (non-hydrogen) atoms. The van der Waals surface area contributed by atoms with Crippen LogP contribution in [0.25, 0.3) is 0 Å². The minimum Gasteiger partial charge on any atom is -0.392 e. The third-order valence-electron chi connectivity index (χ3n) is 5.94. The van der Waals surface area contributed by atoms with Crippen molar-refractivity contribution < 1.29 is 15.3 Å². The molecule has 5 atom stereocenters. The number of hydrogen-bond acceptors (Lipinski definition) is 3. The lowest BCUT2D eigenvalue weighted by Gasteiger charge is -2.64. The third kappa shape index (κ3) is 1.25. The van der Waals surface area contributed by atoms with Gasteiger partial charge in [-0.05, 0) is 42.1 Å². The average molecular weight is 252 g/mol. The highest BCUT2D eigenvalue weighted by Crippen LogP contribution is 2.67. The lowest BCUT2D eigenvalue weighted by atomic mass is 9.44. The van der Waals surface area contributed by atoms with E-state index in [0.29, 0.717) is 29.2 Å². The van der Waals surface area contributed by atoms with Crippen LogP contribution in [0, 0.1) is 22.7 Å². The first-order valence-corrected chi connectivity index (χ1v) is 6.97. The molecule has 3 heteroatoms. The lowest BCUT2D eigenvalue weighted by molar-refractivity contribution is -0.250. The molecule has 0 heterocycles. The summed E-state index contributed by atoms with van der Waals surface area (Å²) in [5, 5.41) is 30.4. The molecule has 0 aliphatic heterocycles. The molecule has 3 aliphatic carbocycles. The van der Waals surface area contributed by atoms with E-state index in [-0.39, 0.29) is 12.0 Å². The largest absolute Gasteiger partial charge is 0.392 e. The summed E-state index contributed by atoms with van der Waals surface area (Å²) in [6.07, 6.45) is 4.19. The van der Waals surface area contributed by atoms with Gasteiger partial charge in [0.2, 0.25) is 0 Å². The smallest absolute Gasteiger partial charge is 0.119 e. The monoisotopic (exact) mass is 252 g/mol. The Morgan fingerprint density at radius 3 is 2.44 bits per heavy atom. The normalized spacial score (nSPS) is 53.2. The summed E-state index contributed by atoms with van der Waals surface area (Å²) in [5.41, 5.74) is -0.523. The molecule has 0 unspecified atom stereocenters. The molecule has 3 N–H and O–H groups in total. The summed E-state index contributed by atoms with van der Waals surface area (Å²) in [4.78, 5) is 0. The van der Waals surface area contributed by atoms with Crippen molar-refractivity contribution in [2.45, 2.75) is 51.7 Å². The van der Waals surface area contributed by atoms with Gasteiger partial charge < -0.3 is 15.3 Å². The van der Waals surface area contributed by atoms with E-state index < -0.39 is 11.7 Å². The lowest BCUT2D eigenvalue weighted by Crippen LogP contribution is -2.72. The first-order valence-electron chi connectivity index (χ1n) is 6.97. The second kappa shape index (κ2) is 3.38. The Morgan fingerprint density at radius 1 is 1.22 bits per heavy atom. The molecule has 3 aliphatic rings. The highest BCUT2D eigenvalue weighted by Gasteiger charge is 2.70. The third-order valence-corrected chi connectivity index (χ3v) is 5.94. The highest BCUT2D eigenvalue weighted by molar-refractivity contribution is 5.37. The van der Waals surface area contributed by atoms with Gasteiger partial charge in [-0.2, -0.15) is 0 Å². The van der Waals surface area contributed by atoms with Crippen molar-refractivity contribution in [3.8, 4) is 0 Å². The molecule has 102 valence electrons. The van der Waals surface area contributed by atoms with Gasteiger partial charge in [0, 0.05) is 5.41 Å². The Balaban J connectivity index is 2.06. The van der Waals surface area contributed by atoms with Gasteiger partial charge in [0.05, 0.1) is 12.7 Å². The van der Waals surface area contributed by atoms with Crippen molar-refractivity contribution in [1.82, 2.24) is 0 Å². The van der Waals surface area contributed by atoms with Crippen LogP contribution in [0.4, 0.5) is 0 Å². The van der Waals surface area contributed by atoms with E-state index in [1.807, 2.05) is 6.08 Å². The number of aliphatic hydroxyl groups is 3. The molecular weight excluding hydrogens is 228 g/mol. The van der Waals surface area contributed by atoms with Gasteiger partial charge in [-0.15, -0.1) is 0 Å². The minimum atomic E-state index is -1.19. The first-order chi connectivity index (χ1) is 8.24. The highest BCUT2D eigenvalue weighted by atomic mass is 16.4. The van der Waals surface area contributed by atoms with Crippen LogP contribution < -0.4 is 0 Å². The Morgan fingerprint density at radius 2 is 1.89 bits per heavy atom. The topological polar surface area (TPSA) is 60.7 Å². The number of hydrogen-bond donors (Lipinski definition) is 3. The quantitative estimate of drug-likeness (QED) is 0.619. The van der Waals surface area contributed by atoms with Crippen LogP contribution in [0.15, 0.2) is 11.6 Å². The van der Waals surface area contributed by atoms with Crippen molar-refractivity contribution in [3.63, 3.8) is 0 Å². The van der Waals surface area contributed by atoms with Crippen LogP contribution in [0.2, 0.25) is 0 Å². The number of fused-ring (bicyclic) bond motifs is 3. The zero-order chi connectivity index (χ0) is 13.3. The summed E-state index contributed by atoms with van der Waals surface area (Å²) in [5.74, 6) is 0.871. The van der Waals surface area contributed by atoms with E-state index in [9.17, 15) is 15.3 Å². The fraction of sp³-hybridized carbons (Fsp3) is 0.867. The van der Waals surface area contributed by atoms with Crippen LogP contribution in [-0.2, 0) is 0 Å². The zero-order valence-electron chi connectivity index (χ0n) is 11.5. The van der Waals surface area contributed by atoms with Gasteiger partial charge in [-0.1, -0.05) is 26.8 Å². The Labute approximate surface area is 109 Å². The summed E-state index contributed by atoms with van der Waals surface area (Å²) in [7, 11) is 0. The van der Waals surface area contributed by atoms with Crippen molar-refractivity contribution in [2.75, 3.05) is 6.61 Å². The molecule has 0 bridgehead atoms. The first kappa shape index (κ1) is 12.6. The number of rotatable bonds is 1. The van der Waals surface area contributed by atoms with Gasteiger partial charge in [-0.3, -0.25) is 0 Å². The van der Waals surface area contributed by atoms with Crippen LogP contribution >= 0.6 is 0 Å². The summed E-state index contributed by atoms with van der Waals surface area (Å²) in [6.45, 7) is 6.48. The predicted octanol–water partition coefficient (Wildman–Crippen LogP) is 1.47. The fourth-order valence-corrected chi connectivity index (χ4v) is 5.01. The van der Waals surface area contributed by atoms with Crippen LogP contribution in [0.3, 0.4) is 0 Å². The van der Waals surface area contributed by atoms with Crippen molar-refractivity contribution in [3.05, 3.63) is 11.6 Å². The van der Waals surface area contributed by atoms with Gasteiger partial charge in [0.15, 0.2) is 0 Å². The molecule has 0 aromatic carbocycles. The van der Waals surface area contributed by atoms with E-state index in [1.54, 1.807) is 0 Å². The van der Waals surface area contributed by atoms with Crippen molar-refractivity contribution in [1.29, 1.82) is 0 Å². The SMILES string of the molecule is CC1(C)C[C@H]2C=C(CO)[C@]3(O)[C@@H](O)C[C@]3(C)[C@H]2C1. The molecular formula is C15H24O3. The molecule has 0 spiro atoms. The van der Waals surface area contributed by atoms with E-state index in [0.717, 1.165) is 12.8 Å². The maximum atomic E-state index is 10.9. The number of allylic oxidation sites excluding steroid dienone is 1. The maximum absolute atomic E-state index is 10.9. The molecule has 3 nitrogen and oxygen atoms in total. The molecule has 2 fully saturated rings. The predicted molar refractivity (Wildman–Crippen MR) is 68.8 cm³/mol. The molecule has 3 rings (SSSR count). The average Bonchev–Trinajstić information content (AvgIpc) is 2.59. The van der Waals surface area contributed by atoms with E-state index >= 15 is 0 Å². The summed E-state index contributed by atoms with van der Waals surface area (Å²) in [6, 6.07) is 0. The maximum Gasteiger partial charge on any atom is 0.119 e. The second-order valence-corrected chi connectivity index (χ2v) is 7.60. The van der Waals surface area contributed by atoms with Crippen molar-refractivity contribution >= 4 is 0 Å². The molecule has 0 saturated heterocycles. The van der Waals surface area contributed by atoms with Gasteiger partial charge in [0.1, 0.15) is 5.60 Å². The molecule has 0 aromatic rings. The van der Waals surface area contributed by atoms with E-state index in [4.69, 9.17) is 0 Å². The second-order valence-electron chi connectivity index (χ2n) is 7.60. The van der Waals surface area contributed by atoms with E-state index in [2.05, 4.69) is 20.8 Å². The standard InChI is InChI=1S/C15H24O3/c1-13(2)5-9-4-10(8-16)15(18)12(17)7-14(15,3)11(9)6-13/h4,9,11-12,16-18H,5-8H2,1-3H3/t9-,11+,12+,14-,15+/m1/s1. The van der Waals surface area contributed by atoms with Gasteiger partial charge in [0.25, 0.3) is 0 Å². The Bertz CT molecular complexity index is 414. The molecule has 0 radical (unpaired) electrons. The van der Waals surface area contributed by atoms with Crippen molar-refractivity contribution in [2.24, 2.45) is 22.7 Å². The van der Waals surface area contributed by atoms with Gasteiger partial charge >= 0.3 is 0 Å². The Kier molecular flexibility index (Phi) is 2.38. The molecule has 0 aromatic heterocycles.